The Labute approximate surface area is 159 Å². The van der Waals surface area contributed by atoms with Crippen LogP contribution in [0.5, 0.6) is 0 Å². The van der Waals surface area contributed by atoms with E-state index in [2.05, 4.69) is 29.3 Å². The lowest BCUT2D eigenvalue weighted by Gasteiger charge is -2.17. The molecular formula is C22H25N3O2. The zero-order valence-corrected chi connectivity index (χ0v) is 16.0. The van der Waals surface area contributed by atoms with Crippen molar-refractivity contribution in [2.24, 2.45) is 4.99 Å². The fourth-order valence-electron chi connectivity index (χ4n) is 2.76. The van der Waals surface area contributed by atoms with Crippen LogP contribution in [0.4, 0.5) is 4.79 Å². The molecule has 140 valence electrons. The second-order valence-corrected chi connectivity index (χ2v) is 7.42. The molecule has 5 heteroatoms. The Morgan fingerprint density at radius 1 is 0.852 bits per heavy atom. The molecule has 27 heavy (non-hydrogen) atoms. The minimum absolute atomic E-state index is 0.567. The molecule has 0 spiro atoms. The number of amides is 1. The molecule has 0 atom stereocenters. The molecule has 1 heterocycles. The molecule has 3 rings (SSSR count). The van der Waals surface area contributed by atoms with Crippen molar-refractivity contribution in [3.63, 3.8) is 0 Å². The summed E-state index contributed by atoms with van der Waals surface area (Å²) in [4.78, 5) is 16.6. The van der Waals surface area contributed by atoms with Gasteiger partial charge in [0.2, 0.25) is 5.62 Å². The first-order valence-electron chi connectivity index (χ1n) is 9.02. The number of benzene rings is 2. The Hall–Kier alpha value is -3.08. The number of rotatable bonds is 4. The summed E-state index contributed by atoms with van der Waals surface area (Å²) < 4.78 is 9.31. The van der Waals surface area contributed by atoms with Crippen molar-refractivity contribution in [3.05, 3.63) is 89.8 Å². The number of imidazole rings is 1. The van der Waals surface area contributed by atoms with E-state index in [1.807, 2.05) is 78.7 Å². The van der Waals surface area contributed by atoms with Gasteiger partial charge < -0.3 is 13.9 Å². The normalized spacial score (nSPS) is 11.2. The highest BCUT2D eigenvalue weighted by Gasteiger charge is 2.16. The standard InChI is InChI=1S/C22H25N3O2/c1-22(2,3)27-21(26)23-20-24(16-18-10-6-4-7-11-18)14-15-25(20)17-19-12-8-5-9-13-19/h4-15H,16-17H2,1-3H3. The van der Waals surface area contributed by atoms with Gasteiger partial charge in [-0.15, -0.1) is 4.99 Å². The average molecular weight is 363 g/mol. The Bertz CT molecular complexity index is 886. The molecule has 1 amide bonds. The number of hydrogen-bond acceptors (Lipinski definition) is 2. The highest BCUT2D eigenvalue weighted by atomic mass is 16.6. The summed E-state index contributed by atoms with van der Waals surface area (Å²) in [5.41, 5.74) is 2.26. The molecular weight excluding hydrogens is 338 g/mol. The minimum atomic E-state index is -0.586. The number of ether oxygens (including phenoxy) is 1. The third-order valence-electron chi connectivity index (χ3n) is 3.92. The van der Waals surface area contributed by atoms with Crippen LogP contribution in [0.3, 0.4) is 0 Å². The van der Waals surface area contributed by atoms with Gasteiger partial charge >= 0.3 is 6.09 Å². The van der Waals surface area contributed by atoms with E-state index in [-0.39, 0.29) is 0 Å². The van der Waals surface area contributed by atoms with E-state index in [1.54, 1.807) is 0 Å². The van der Waals surface area contributed by atoms with Crippen LogP contribution in [-0.2, 0) is 17.8 Å². The zero-order chi connectivity index (χ0) is 19.3. The molecule has 0 saturated heterocycles. The first kappa shape index (κ1) is 18.7. The van der Waals surface area contributed by atoms with Crippen LogP contribution >= 0.6 is 0 Å². The van der Waals surface area contributed by atoms with E-state index in [4.69, 9.17) is 4.74 Å². The maximum atomic E-state index is 12.3. The lowest BCUT2D eigenvalue weighted by molar-refractivity contribution is 0.0593. The van der Waals surface area contributed by atoms with Gasteiger partial charge in [-0.05, 0) is 31.9 Å². The van der Waals surface area contributed by atoms with E-state index in [9.17, 15) is 4.79 Å². The molecule has 0 radical (unpaired) electrons. The number of nitrogens with zero attached hydrogens (tertiary/aromatic N) is 3. The smallest absolute Gasteiger partial charge is 0.437 e. The summed E-state index contributed by atoms with van der Waals surface area (Å²) in [6, 6.07) is 20.2. The predicted molar refractivity (Wildman–Crippen MR) is 105 cm³/mol. The Balaban J connectivity index is 1.97. The van der Waals surface area contributed by atoms with Crippen LogP contribution in [0.2, 0.25) is 0 Å². The molecule has 0 saturated carbocycles. The lowest BCUT2D eigenvalue weighted by Crippen LogP contribution is -2.30. The second-order valence-electron chi connectivity index (χ2n) is 7.42. The average Bonchev–Trinajstić information content (AvgIpc) is 2.97. The first-order valence-corrected chi connectivity index (χ1v) is 9.02. The molecule has 0 fully saturated rings. The molecule has 3 aromatic rings. The maximum absolute atomic E-state index is 12.3. The summed E-state index contributed by atoms with van der Waals surface area (Å²) >= 11 is 0. The van der Waals surface area contributed by atoms with Crippen LogP contribution in [-0.4, -0.2) is 20.8 Å². The van der Waals surface area contributed by atoms with Crippen LogP contribution in [0, 0.1) is 0 Å². The molecule has 1 aromatic heterocycles. The molecule has 0 aliphatic heterocycles. The van der Waals surface area contributed by atoms with Gasteiger partial charge in [0.25, 0.3) is 0 Å². The van der Waals surface area contributed by atoms with Gasteiger partial charge in [-0.25, -0.2) is 4.79 Å². The van der Waals surface area contributed by atoms with Crippen molar-refractivity contribution in [2.45, 2.75) is 39.5 Å². The predicted octanol–water partition coefficient (Wildman–Crippen LogP) is 4.22. The van der Waals surface area contributed by atoms with Gasteiger partial charge in [0.1, 0.15) is 5.60 Å². The quantitative estimate of drug-likeness (QED) is 0.697. The lowest BCUT2D eigenvalue weighted by atomic mass is 10.2. The van der Waals surface area contributed by atoms with Crippen molar-refractivity contribution in [2.75, 3.05) is 0 Å². The molecule has 5 nitrogen and oxygen atoms in total. The van der Waals surface area contributed by atoms with Gasteiger partial charge in [-0.1, -0.05) is 60.7 Å². The van der Waals surface area contributed by atoms with Crippen LogP contribution in [0.1, 0.15) is 31.9 Å². The van der Waals surface area contributed by atoms with Crippen molar-refractivity contribution in [1.82, 2.24) is 9.13 Å². The minimum Gasteiger partial charge on any atom is -0.442 e. The fourth-order valence-corrected chi connectivity index (χ4v) is 2.76. The van der Waals surface area contributed by atoms with Crippen molar-refractivity contribution < 1.29 is 9.53 Å². The maximum Gasteiger partial charge on any atom is 0.437 e. The van der Waals surface area contributed by atoms with E-state index >= 15 is 0 Å². The monoisotopic (exact) mass is 363 g/mol. The van der Waals surface area contributed by atoms with E-state index in [0.717, 1.165) is 11.1 Å². The van der Waals surface area contributed by atoms with Gasteiger partial charge in [0, 0.05) is 12.4 Å². The summed E-state index contributed by atoms with van der Waals surface area (Å²) in [7, 11) is 0. The first-order chi connectivity index (χ1) is 12.9. The largest absolute Gasteiger partial charge is 0.442 e. The SMILES string of the molecule is CC(C)(C)OC(=O)N=c1n(Cc2ccccc2)ccn1Cc1ccccc1. The molecule has 0 bridgehead atoms. The van der Waals surface area contributed by atoms with E-state index < -0.39 is 11.7 Å². The summed E-state index contributed by atoms with van der Waals surface area (Å²) in [5, 5.41) is 0. The zero-order valence-electron chi connectivity index (χ0n) is 16.0. The molecule has 0 aliphatic rings. The Morgan fingerprint density at radius 3 is 1.70 bits per heavy atom. The van der Waals surface area contributed by atoms with E-state index in [1.165, 1.54) is 0 Å². The third-order valence-corrected chi connectivity index (χ3v) is 3.92. The number of aromatic nitrogens is 2. The third kappa shape index (κ3) is 5.45. The van der Waals surface area contributed by atoms with Crippen molar-refractivity contribution in [3.8, 4) is 0 Å². The Morgan fingerprint density at radius 2 is 1.30 bits per heavy atom. The summed E-state index contributed by atoms with van der Waals surface area (Å²) in [5.74, 6) is 0. The molecule has 0 N–H and O–H groups in total. The van der Waals surface area contributed by atoms with Crippen LogP contribution < -0.4 is 5.62 Å². The van der Waals surface area contributed by atoms with E-state index in [0.29, 0.717) is 18.7 Å². The van der Waals surface area contributed by atoms with Gasteiger partial charge in [0.15, 0.2) is 0 Å². The van der Waals surface area contributed by atoms with Crippen LogP contribution in [0.25, 0.3) is 0 Å². The summed E-state index contributed by atoms with van der Waals surface area (Å²) in [6.07, 6.45) is 3.30. The fraction of sp³-hybridized carbons (Fsp3) is 0.273. The Kier molecular flexibility index (Phi) is 5.60. The molecule has 0 aliphatic carbocycles. The van der Waals surface area contributed by atoms with Crippen LogP contribution in [0.15, 0.2) is 78.0 Å². The highest BCUT2D eigenvalue weighted by Crippen LogP contribution is 2.08. The van der Waals surface area contributed by atoms with Gasteiger partial charge in [-0.2, -0.15) is 0 Å². The number of hydrogen-bond donors (Lipinski definition) is 0. The van der Waals surface area contributed by atoms with Crippen molar-refractivity contribution >= 4 is 6.09 Å². The van der Waals surface area contributed by atoms with Gasteiger partial charge in [0.05, 0.1) is 13.1 Å². The summed E-state index contributed by atoms with van der Waals surface area (Å²) in [6.45, 7) is 6.76. The van der Waals surface area contributed by atoms with Crippen molar-refractivity contribution in [1.29, 1.82) is 0 Å². The second kappa shape index (κ2) is 8.08. The van der Waals surface area contributed by atoms with Gasteiger partial charge in [-0.3, -0.25) is 0 Å². The number of carbonyl (C=O) groups is 1. The highest BCUT2D eigenvalue weighted by molar-refractivity contribution is 5.68. The number of carbonyl (C=O) groups excluding carboxylic acids is 1. The molecule has 0 unspecified atom stereocenters. The molecule has 2 aromatic carbocycles. The topological polar surface area (TPSA) is 48.5 Å².